The summed E-state index contributed by atoms with van der Waals surface area (Å²) >= 11 is 0. The quantitative estimate of drug-likeness (QED) is 0.646. The maximum atomic E-state index is 12.2. The van der Waals surface area contributed by atoms with E-state index in [0.717, 1.165) is 28.4 Å². The number of rotatable bonds is 6. The van der Waals surface area contributed by atoms with Crippen molar-refractivity contribution in [1.29, 1.82) is 0 Å². The molecule has 0 unspecified atom stereocenters. The number of nitrogens with one attached hydrogen (secondary N) is 2. The van der Waals surface area contributed by atoms with Crippen molar-refractivity contribution in [3.63, 3.8) is 0 Å². The Labute approximate surface area is 156 Å². The van der Waals surface area contributed by atoms with Gasteiger partial charge in [0.25, 0.3) is 5.91 Å². The number of hydrazine groups is 1. The van der Waals surface area contributed by atoms with Crippen LogP contribution in [0.25, 0.3) is 0 Å². The molecule has 0 fully saturated rings. The largest absolute Gasteiger partial charge is 0.489 e. The van der Waals surface area contributed by atoms with Crippen LogP contribution in [0, 0.1) is 27.7 Å². The van der Waals surface area contributed by atoms with Crippen LogP contribution in [0.2, 0.25) is 0 Å². The predicted molar refractivity (Wildman–Crippen MR) is 99.3 cm³/mol. The lowest BCUT2D eigenvalue weighted by molar-refractivity contribution is 0.0962. The maximum Gasteiger partial charge on any atom is 0.269 e. The van der Waals surface area contributed by atoms with Gasteiger partial charge in [0, 0.05) is 17.0 Å². The van der Waals surface area contributed by atoms with Crippen molar-refractivity contribution in [3.8, 4) is 5.75 Å². The number of hydrogen-bond donors (Lipinski definition) is 2. The smallest absolute Gasteiger partial charge is 0.269 e. The number of nitrogens with zero attached hydrogens (tertiary/aromatic N) is 3. The molecule has 0 aliphatic rings. The second-order valence-electron chi connectivity index (χ2n) is 6.17. The van der Waals surface area contributed by atoms with Crippen molar-refractivity contribution in [2.45, 2.75) is 34.3 Å². The van der Waals surface area contributed by atoms with E-state index in [2.05, 4.69) is 26.0 Å². The number of amides is 1. The molecule has 0 saturated carbocycles. The van der Waals surface area contributed by atoms with Gasteiger partial charge in [-0.3, -0.25) is 15.6 Å². The number of aryl methyl sites for hydroxylation is 4. The molecular weight excluding hydrogens is 346 g/mol. The van der Waals surface area contributed by atoms with Gasteiger partial charge < -0.3 is 9.26 Å². The highest BCUT2D eigenvalue weighted by molar-refractivity contribution is 5.94. The number of ether oxygens (including phenoxy) is 1. The van der Waals surface area contributed by atoms with Gasteiger partial charge in [0.15, 0.2) is 0 Å². The molecule has 27 heavy (non-hydrogen) atoms. The highest BCUT2D eigenvalue weighted by Crippen LogP contribution is 2.18. The van der Waals surface area contributed by atoms with Crippen molar-refractivity contribution >= 4 is 11.9 Å². The fourth-order valence-electron chi connectivity index (χ4n) is 2.53. The van der Waals surface area contributed by atoms with Crippen molar-refractivity contribution in [1.82, 2.24) is 20.6 Å². The van der Waals surface area contributed by atoms with Crippen LogP contribution in [0.5, 0.6) is 5.75 Å². The molecule has 0 radical (unpaired) electrons. The van der Waals surface area contributed by atoms with Gasteiger partial charge >= 0.3 is 0 Å². The summed E-state index contributed by atoms with van der Waals surface area (Å²) in [5, 5.41) is 3.90. The Hall–Kier alpha value is -3.42. The number of aromatic nitrogens is 3. The Bertz CT molecular complexity index is 911. The molecule has 140 valence electrons. The summed E-state index contributed by atoms with van der Waals surface area (Å²) < 4.78 is 10.8. The molecule has 0 saturated heterocycles. The van der Waals surface area contributed by atoms with E-state index in [1.807, 2.05) is 33.8 Å². The minimum Gasteiger partial charge on any atom is -0.489 e. The number of carbonyl (C=O) groups is 1. The Balaban J connectivity index is 1.57. The average Bonchev–Trinajstić information content (AvgIpc) is 2.95. The second kappa shape index (κ2) is 7.86. The van der Waals surface area contributed by atoms with Crippen molar-refractivity contribution in [2.75, 3.05) is 5.43 Å². The first kappa shape index (κ1) is 18.4. The number of anilines is 1. The van der Waals surface area contributed by atoms with E-state index in [9.17, 15) is 4.79 Å². The fourth-order valence-corrected chi connectivity index (χ4v) is 2.53. The number of hydrogen-bond acceptors (Lipinski definition) is 7. The first-order valence-electron chi connectivity index (χ1n) is 8.45. The molecule has 2 N–H and O–H groups in total. The van der Waals surface area contributed by atoms with Gasteiger partial charge in [-0.2, -0.15) is 0 Å². The molecule has 2 aromatic heterocycles. The summed E-state index contributed by atoms with van der Waals surface area (Å²) in [6.07, 6.45) is 0. The zero-order valence-corrected chi connectivity index (χ0v) is 15.7. The number of carbonyl (C=O) groups excluding carboxylic acids is 1. The maximum absolute atomic E-state index is 12.2. The Morgan fingerprint density at radius 1 is 1.07 bits per heavy atom. The van der Waals surface area contributed by atoms with E-state index in [0.29, 0.717) is 23.9 Å². The van der Waals surface area contributed by atoms with Crippen LogP contribution in [0.3, 0.4) is 0 Å². The molecule has 0 aliphatic carbocycles. The predicted octanol–water partition coefficient (Wildman–Crippen LogP) is 3.03. The average molecular weight is 367 g/mol. The van der Waals surface area contributed by atoms with Crippen LogP contribution >= 0.6 is 0 Å². The summed E-state index contributed by atoms with van der Waals surface area (Å²) in [5.41, 5.74) is 9.16. The van der Waals surface area contributed by atoms with Crippen molar-refractivity contribution in [3.05, 3.63) is 64.3 Å². The minimum atomic E-state index is -0.296. The van der Waals surface area contributed by atoms with Crippen LogP contribution in [0.15, 0.2) is 34.9 Å². The molecule has 3 rings (SSSR count). The van der Waals surface area contributed by atoms with Crippen LogP contribution in [0.1, 0.15) is 38.8 Å². The van der Waals surface area contributed by atoms with Gasteiger partial charge in [-0.05, 0) is 58.0 Å². The normalized spacial score (nSPS) is 10.5. The third-order valence-electron chi connectivity index (χ3n) is 3.95. The van der Waals surface area contributed by atoms with Gasteiger partial charge in [0.2, 0.25) is 5.95 Å². The second-order valence-corrected chi connectivity index (χ2v) is 6.17. The van der Waals surface area contributed by atoms with E-state index in [-0.39, 0.29) is 5.91 Å². The third kappa shape index (κ3) is 4.60. The van der Waals surface area contributed by atoms with E-state index >= 15 is 0 Å². The summed E-state index contributed by atoms with van der Waals surface area (Å²) in [6.45, 7) is 7.80. The fraction of sp³-hybridized carbons (Fsp3) is 0.263. The molecule has 8 nitrogen and oxygen atoms in total. The van der Waals surface area contributed by atoms with Crippen molar-refractivity contribution < 1.29 is 14.1 Å². The van der Waals surface area contributed by atoms with Gasteiger partial charge in [0.05, 0.1) is 11.3 Å². The van der Waals surface area contributed by atoms with E-state index in [1.54, 1.807) is 24.3 Å². The zero-order chi connectivity index (χ0) is 19.4. The van der Waals surface area contributed by atoms with Gasteiger partial charge in [-0.1, -0.05) is 5.16 Å². The first-order chi connectivity index (χ1) is 12.9. The summed E-state index contributed by atoms with van der Waals surface area (Å²) in [6, 6.07) is 8.69. The standard InChI is InChI=1S/C19H21N5O3/c1-11-9-12(2)21-19(20-11)23-22-18(25)15-5-7-16(8-6-15)26-10-17-13(3)24-27-14(17)4/h5-9H,10H2,1-4H3,(H,22,25)(H,20,21,23). The SMILES string of the molecule is Cc1cc(C)nc(NNC(=O)c2ccc(OCc3c(C)noc3C)cc2)n1. The van der Waals surface area contributed by atoms with Gasteiger partial charge in [-0.25, -0.2) is 9.97 Å². The van der Waals surface area contributed by atoms with Crippen LogP contribution in [-0.2, 0) is 6.61 Å². The van der Waals surface area contributed by atoms with Gasteiger partial charge in [0.1, 0.15) is 18.1 Å². The number of benzene rings is 1. The summed E-state index contributed by atoms with van der Waals surface area (Å²) in [7, 11) is 0. The molecular formula is C19H21N5O3. The molecule has 3 aromatic rings. The molecule has 0 aliphatic heterocycles. The molecule has 1 aromatic carbocycles. The summed E-state index contributed by atoms with van der Waals surface area (Å²) in [4.78, 5) is 20.7. The lowest BCUT2D eigenvalue weighted by Gasteiger charge is -2.09. The van der Waals surface area contributed by atoms with Gasteiger partial charge in [-0.15, -0.1) is 0 Å². The highest BCUT2D eigenvalue weighted by Gasteiger charge is 2.10. The Morgan fingerprint density at radius 2 is 1.74 bits per heavy atom. The monoisotopic (exact) mass is 367 g/mol. The molecule has 8 heteroatoms. The minimum absolute atomic E-state index is 0.296. The van der Waals surface area contributed by atoms with E-state index < -0.39 is 0 Å². The molecule has 0 atom stereocenters. The first-order valence-corrected chi connectivity index (χ1v) is 8.45. The highest BCUT2D eigenvalue weighted by atomic mass is 16.5. The Morgan fingerprint density at radius 3 is 2.33 bits per heavy atom. The molecule has 1 amide bonds. The van der Waals surface area contributed by atoms with Crippen LogP contribution in [0.4, 0.5) is 5.95 Å². The van der Waals surface area contributed by atoms with E-state index in [1.165, 1.54) is 0 Å². The zero-order valence-electron chi connectivity index (χ0n) is 15.7. The lowest BCUT2D eigenvalue weighted by Crippen LogP contribution is -2.30. The third-order valence-corrected chi connectivity index (χ3v) is 3.95. The molecule has 0 spiro atoms. The molecule has 0 bridgehead atoms. The van der Waals surface area contributed by atoms with Crippen LogP contribution in [-0.4, -0.2) is 21.0 Å². The molecule has 2 heterocycles. The topological polar surface area (TPSA) is 102 Å². The van der Waals surface area contributed by atoms with Crippen LogP contribution < -0.4 is 15.6 Å². The van der Waals surface area contributed by atoms with E-state index in [4.69, 9.17) is 9.26 Å². The Kier molecular flexibility index (Phi) is 5.35. The van der Waals surface area contributed by atoms with Crippen molar-refractivity contribution in [2.24, 2.45) is 0 Å². The lowest BCUT2D eigenvalue weighted by atomic mass is 10.2. The summed E-state index contributed by atoms with van der Waals surface area (Å²) in [5.74, 6) is 1.44.